The fourth-order valence-corrected chi connectivity index (χ4v) is 6.97. The third-order valence-corrected chi connectivity index (χ3v) is 9.25. The zero-order valence-corrected chi connectivity index (χ0v) is 21.9. The van der Waals surface area contributed by atoms with Crippen LogP contribution in [0.3, 0.4) is 0 Å². The number of aromatic nitrogens is 2. The average molecular weight is 519 g/mol. The van der Waals surface area contributed by atoms with Crippen LogP contribution in [0.25, 0.3) is 0 Å². The van der Waals surface area contributed by atoms with Gasteiger partial charge in [-0.2, -0.15) is 4.31 Å². The second-order valence-corrected chi connectivity index (χ2v) is 11.9. The molecular formula is C27H30N6O3S. The van der Waals surface area contributed by atoms with Gasteiger partial charge in [-0.1, -0.05) is 17.7 Å². The Hall–Kier alpha value is -3.50. The van der Waals surface area contributed by atoms with Crippen LogP contribution in [-0.4, -0.2) is 61.3 Å². The molecule has 0 aliphatic carbocycles. The van der Waals surface area contributed by atoms with Gasteiger partial charge in [-0.15, -0.1) is 0 Å². The van der Waals surface area contributed by atoms with Crippen molar-refractivity contribution in [2.45, 2.75) is 38.0 Å². The second kappa shape index (κ2) is 9.11. The molecule has 1 amide bonds. The van der Waals surface area contributed by atoms with E-state index in [0.717, 1.165) is 28.3 Å². The van der Waals surface area contributed by atoms with Crippen LogP contribution in [0.2, 0.25) is 0 Å². The highest BCUT2D eigenvalue weighted by molar-refractivity contribution is 7.89. The summed E-state index contributed by atoms with van der Waals surface area (Å²) in [6.45, 7) is 6.39. The Morgan fingerprint density at radius 2 is 1.54 bits per heavy atom. The van der Waals surface area contributed by atoms with E-state index >= 15 is 0 Å². The number of anilines is 4. The number of sulfonamides is 1. The number of aryl methyl sites for hydroxylation is 3. The summed E-state index contributed by atoms with van der Waals surface area (Å²) in [5, 5.41) is 3.34. The Labute approximate surface area is 217 Å². The number of carbonyl (C=O) groups is 1. The lowest BCUT2D eigenvalue weighted by Crippen LogP contribution is -2.49. The number of piperazine rings is 1. The topological polar surface area (TPSA) is 98.7 Å². The summed E-state index contributed by atoms with van der Waals surface area (Å²) >= 11 is 0. The number of carbonyl (C=O) groups excluding carboxylic acids is 1. The molecule has 1 fully saturated rings. The maximum Gasteiger partial charge on any atom is 0.243 e. The molecule has 1 saturated heterocycles. The number of rotatable bonds is 5. The van der Waals surface area contributed by atoms with Crippen LogP contribution in [0.4, 0.5) is 23.0 Å². The second-order valence-electron chi connectivity index (χ2n) is 9.93. The quantitative estimate of drug-likeness (QED) is 0.554. The van der Waals surface area contributed by atoms with Crippen LogP contribution in [0.1, 0.15) is 28.9 Å². The smallest absolute Gasteiger partial charge is 0.243 e. The molecule has 0 spiro atoms. The Balaban J connectivity index is 1.18. The SMILES string of the molecule is Cc1ccc(Nc2cc(N3CCN(S(=O)(=O)c4cc5c6c(c4)CCN6C(=O)CC5)CC3)nc(C)n2)cc1. The van der Waals surface area contributed by atoms with E-state index < -0.39 is 10.0 Å². The molecular weight excluding hydrogens is 488 g/mol. The summed E-state index contributed by atoms with van der Waals surface area (Å²) in [5.41, 5.74) is 5.01. The molecule has 4 heterocycles. The van der Waals surface area contributed by atoms with Crippen molar-refractivity contribution in [1.29, 1.82) is 0 Å². The van der Waals surface area contributed by atoms with Gasteiger partial charge in [0.25, 0.3) is 0 Å². The van der Waals surface area contributed by atoms with E-state index in [1.165, 1.54) is 5.56 Å². The lowest BCUT2D eigenvalue weighted by Gasteiger charge is -2.35. The van der Waals surface area contributed by atoms with Crippen LogP contribution >= 0.6 is 0 Å². The Morgan fingerprint density at radius 3 is 2.27 bits per heavy atom. The maximum absolute atomic E-state index is 13.6. The molecule has 6 rings (SSSR count). The molecule has 192 valence electrons. The van der Waals surface area contributed by atoms with Crippen LogP contribution in [0.5, 0.6) is 0 Å². The fraction of sp³-hybridized carbons (Fsp3) is 0.370. The molecule has 0 radical (unpaired) electrons. The minimum Gasteiger partial charge on any atom is -0.354 e. The molecule has 9 nitrogen and oxygen atoms in total. The van der Waals surface area contributed by atoms with Crippen molar-refractivity contribution in [3.63, 3.8) is 0 Å². The number of nitrogens with one attached hydrogen (secondary N) is 1. The van der Waals surface area contributed by atoms with E-state index in [-0.39, 0.29) is 5.91 Å². The van der Waals surface area contributed by atoms with Crippen molar-refractivity contribution >= 4 is 38.9 Å². The van der Waals surface area contributed by atoms with Gasteiger partial charge in [0.2, 0.25) is 15.9 Å². The molecule has 3 aliphatic heterocycles. The lowest BCUT2D eigenvalue weighted by molar-refractivity contribution is -0.118. The molecule has 0 bridgehead atoms. The summed E-state index contributed by atoms with van der Waals surface area (Å²) < 4.78 is 28.7. The van der Waals surface area contributed by atoms with Gasteiger partial charge in [0.05, 0.1) is 10.6 Å². The molecule has 1 N–H and O–H groups in total. The van der Waals surface area contributed by atoms with Gasteiger partial charge >= 0.3 is 0 Å². The fourth-order valence-electron chi connectivity index (χ4n) is 5.44. The van der Waals surface area contributed by atoms with Gasteiger partial charge in [0, 0.05) is 50.9 Å². The first-order chi connectivity index (χ1) is 17.8. The molecule has 2 aromatic carbocycles. The van der Waals surface area contributed by atoms with Crippen LogP contribution in [0.15, 0.2) is 47.4 Å². The zero-order valence-electron chi connectivity index (χ0n) is 21.1. The van der Waals surface area contributed by atoms with E-state index in [9.17, 15) is 13.2 Å². The van der Waals surface area contributed by atoms with Crippen LogP contribution in [-0.2, 0) is 27.7 Å². The molecule has 10 heteroatoms. The van der Waals surface area contributed by atoms with Crippen molar-refractivity contribution in [3.05, 3.63) is 65.0 Å². The van der Waals surface area contributed by atoms with Crippen LogP contribution < -0.4 is 15.1 Å². The van der Waals surface area contributed by atoms with E-state index in [2.05, 4.69) is 20.2 Å². The van der Waals surface area contributed by atoms with Gasteiger partial charge < -0.3 is 15.1 Å². The summed E-state index contributed by atoms with van der Waals surface area (Å²) in [7, 11) is -3.63. The highest BCUT2D eigenvalue weighted by Crippen LogP contribution is 2.39. The molecule has 3 aromatic rings. The number of amides is 1. The van der Waals surface area contributed by atoms with Crippen molar-refractivity contribution in [3.8, 4) is 0 Å². The summed E-state index contributed by atoms with van der Waals surface area (Å²) in [6.07, 6.45) is 1.74. The molecule has 0 unspecified atom stereocenters. The summed E-state index contributed by atoms with van der Waals surface area (Å²) in [5.74, 6) is 2.28. The van der Waals surface area contributed by atoms with E-state index in [0.29, 0.717) is 68.5 Å². The van der Waals surface area contributed by atoms with Crippen molar-refractivity contribution < 1.29 is 13.2 Å². The molecule has 0 saturated carbocycles. The van der Waals surface area contributed by atoms with Gasteiger partial charge in [-0.25, -0.2) is 18.4 Å². The molecule has 3 aliphatic rings. The number of nitrogens with zero attached hydrogens (tertiary/aromatic N) is 5. The van der Waals surface area contributed by atoms with Gasteiger partial charge in [-0.3, -0.25) is 4.79 Å². The molecule has 0 atom stereocenters. The van der Waals surface area contributed by atoms with E-state index in [1.807, 2.05) is 49.1 Å². The van der Waals surface area contributed by atoms with Gasteiger partial charge in [0.15, 0.2) is 0 Å². The van der Waals surface area contributed by atoms with Crippen molar-refractivity contribution in [1.82, 2.24) is 14.3 Å². The molecule has 37 heavy (non-hydrogen) atoms. The highest BCUT2D eigenvalue weighted by atomic mass is 32.2. The number of benzene rings is 2. The lowest BCUT2D eigenvalue weighted by atomic mass is 10.00. The van der Waals surface area contributed by atoms with Gasteiger partial charge in [0.1, 0.15) is 17.5 Å². The third kappa shape index (κ3) is 4.44. The van der Waals surface area contributed by atoms with E-state index in [1.54, 1.807) is 16.4 Å². The number of hydrogen-bond acceptors (Lipinski definition) is 7. The summed E-state index contributed by atoms with van der Waals surface area (Å²) in [4.78, 5) is 25.6. The Bertz CT molecular complexity index is 1480. The normalized spacial score (nSPS) is 17.7. The van der Waals surface area contributed by atoms with E-state index in [4.69, 9.17) is 0 Å². The number of hydrogen-bond donors (Lipinski definition) is 1. The third-order valence-electron chi connectivity index (χ3n) is 7.37. The predicted octanol–water partition coefficient (Wildman–Crippen LogP) is 3.18. The minimum atomic E-state index is -3.63. The Kier molecular flexibility index (Phi) is 5.88. The monoisotopic (exact) mass is 518 g/mol. The largest absolute Gasteiger partial charge is 0.354 e. The molecule has 1 aromatic heterocycles. The Morgan fingerprint density at radius 1 is 0.838 bits per heavy atom. The average Bonchev–Trinajstić information content (AvgIpc) is 3.33. The van der Waals surface area contributed by atoms with Crippen LogP contribution in [0, 0.1) is 13.8 Å². The van der Waals surface area contributed by atoms with Crippen molar-refractivity contribution in [2.24, 2.45) is 0 Å². The zero-order chi connectivity index (χ0) is 25.7. The highest BCUT2D eigenvalue weighted by Gasteiger charge is 2.35. The first kappa shape index (κ1) is 23.9. The minimum absolute atomic E-state index is 0.134. The standard InChI is InChI=1S/C27H30N6O3S/c1-18-3-6-22(7-4-18)30-24-17-25(29-19(2)28-24)31-11-13-32(14-12-31)37(35,36)23-15-20-5-8-26(34)33-10-9-21(16-23)27(20)33/h3-4,6-7,15-17H,5,8-14H2,1-2H3,(H,28,29,30). The first-order valence-corrected chi connectivity index (χ1v) is 14.1. The summed E-state index contributed by atoms with van der Waals surface area (Å²) in [6, 6.07) is 13.6. The predicted molar refractivity (Wildman–Crippen MR) is 143 cm³/mol. The maximum atomic E-state index is 13.6. The first-order valence-electron chi connectivity index (χ1n) is 12.7. The van der Waals surface area contributed by atoms with Crippen molar-refractivity contribution in [2.75, 3.05) is 47.8 Å². The van der Waals surface area contributed by atoms with Gasteiger partial charge in [-0.05, 0) is 62.1 Å².